The van der Waals surface area contributed by atoms with Crippen LogP contribution < -0.4 is 10.6 Å². The van der Waals surface area contributed by atoms with Crippen molar-refractivity contribution in [2.24, 2.45) is 4.99 Å². The van der Waals surface area contributed by atoms with E-state index in [0.717, 1.165) is 51.5 Å². The predicted octanol–water partition coefficient (Wildman–Crippen LogP) is 1.87. The first kappa shape index (κ1) is 23.6. The molecule has 0 saturated heterocycles. The molecule has 0 amide bonds. The molecule has 1 atom stereocenters. The standard InChI is InChI=1S/C21H32N6O.HI/c1-2-22-21(23-10-5-12-27-13-6-11-25-27)24-15-20(28)17-26-14-9-18-7-3-4-8-19(18)16-26;/h3-4,6-8,11,13,20,28H,2,5,9-10,12,14-17H2,1H3,(H2,22,23,24);1H. The highest BCUT2D eigenvalue weighted by molar-refractivity contribution is 14.0. The summed E-state index contributed by atoms with van der Waals surface area (Å²) in [5.74, 6) is 0.756. The summed E-state index contributed by atoms with van der Waals surface area (Å²) >= 11 is 0. The maximum Gasteiger partial charge on any atom is 0.191 e. The molecule has 8 heteroatoms. The summed E-state index contributed by atoms with van der Waals surface area (Å²) in [5, 5.41) is 21.2. The number of β-amino-alcohol motifs (C(OH)–C–C–N with tert-alkyl or cyclic N) is 1. The third-order valence-electron chi connectivity index (χ3n) is 4.90. The van der Waals surface area contributed by atoms with Gasteiger partial charge in [0.05, 0.1) is 12.6 Å². The first-order valence-electron chi connectivity index (χ1n) is 10.2. The van der Waals surface area contributed by atoms with Crippen LogP contribution in [0.4, 0.5) is 0 Å². The summed E-state index contributed by atoms with van der Waals surface area (Å²) in [5.41, 5.74) is 2.80. The van der Waals surface area contributed by atoms with Crippen molar-refractivity contribution in [3.63, 3.8) is 0 Å². The average molecular weight is 512 g/mol. The van der Waals surface area contributed by atoms with Gasteiger partial charge >= 0.3 is 0 Å². The van der Waals surface area contributed by atoms with Crippen molar-refractivity contribution in [3.05, 3.63) is 53.9 Å². The lowest BCUT2D eigenvalue weighted by Crippen LogP contribution is -2.40. The SMILES string of the molecule is CCNC(=NCC(O)CN1CCc2ccccc2C1)NCCCn1cccn1.I. The summed E-state index contributed by atoms with van der Waals surface area (Å²) < 4.78 is 1.92. The lowest BCUT2D eigenvalue weighted by atomic mass is 10.00. The smallest absolute Gasteiger partial charge is 0.191 e. The van der Waals surface area contributed by atoms with Crippen molar-refractivity contribution in [2.75, 3.05) is 32.7 Å². The zero-order valence-electron chi connectivity index (χ0n) is 17.1. The van der Waals surface area contributed by atoms with Crippen molar-refractivity contribution in [2.45, 2.75) is 39.0 Å². The van der Waals surface area contributed by atoms with Gasteiger partial charge in [0.2, 0.25) is 0 Å². The molecule has 0 spiro atoms. The monoisotopic (exact) mass is 512 g/mol. The first-order chi connectivity index (χ1) is 13.7. The highest BCUT2D eigenvalue weighted by atomic mass is 127. The number of halogens is 1. The normalized spacial score (nSPS) is 15.3. The lowest BCUT2D eigenvalue weighted by molar-refractivity contribution is 0.111. The minimum absolute atomic E-state index is 0. The van der Waals surface area contributed by atoms with E-state index in [4.69, 9.17) is 0 Å². The quantitative estimate of drug-likeness (QED) is 0.207. The second-order valence-corrected chi connectivity index (χ2v) is 7.18. The molecule has 29 heavy (non-hydrogen) atoms. The predicted molar refractivity (Wildman–Crippen MR) is 128 cm³/mol. The van der Waals surface area contributed by atoms with Gasteiger partial charge in [0.25, 0.3) is 0 Å². The summed E-state index contributed by atoms with van der Waals surface area (Å²) in [4.78, 5) is 6.87. The van der Waals surface area contributed by atoms with Crippen LogP contribution in [0.5, 0.6) is 0 Å². The number of benzene rings is 1. The van der Waals surface area contributed by atoms with Gasteiger partial charge in [0.1, 0.15) is 0 Å². The molecule has 0 saturated carbocycles. The Balaban J connectivity index is 0.00000300. The van der Waals surface area contributed by atoms with E-state index in [1.165, 1.54) is 11.1 Å². The largest absolute Gasteiger partial charge is 0.390 e. The number of hydrogen-bond donors (Lipinski definition) is 3. The number of fused-ring (bicyclic) bond motifs is 1. The Morgan fingerprint density at radius 2 is 2.07 bits per heavy atom. The number of aryl methyl sites for hydroxylation is 1. The molecule has 1 aromatic heterocycles. The number of aliphatic imine (C=N–C) groups is 1. The van der Waals surface area contributed by atoms with Crippen LogP contribution in [0.25, 0.3) is 0 Å². The van der Waals surface area contributed by atoms with Crippen molar-refractivity contribution in [1.82, 2.24) is 25.3 Å². The van der Waals surface area contributed by atoms with Gasteiger partial charge < -0.3 is 15.7 Å². The molecule has 1 aliphatic rings. The minimum Gasteiger partial charge on any atom is -0.390 e. The molecule has 0 bridgehead atoms. The summed E-state index contributed by atoms with van der Waals surface area (Å²) in [6, 6.07) is 10.5. The Hall–Kier alpha value is -1.65. The van der Waals surface area contributed by atoms with Gasteiger partial charge in [0.15, 0.2) is 5.96 Å². The number of guanidine groups is 1. The molecule has 1 aliphatic heterocycles. The Labute approximate surface area is 190 Å². The maximum atomic E-state index is 10.4. The molecule has 3 N–H and O–H groups in total. The van der Waals surface area contributed by atoms with Crippen LogP contribution in [-0.2, 0) is 19.5 Å². The van der Waals surface area contributed by atoms with Gasteiger partial charge in [-0.15, -0.1) is 24.0 Å². The molecular formula is C21H33IN6O. The molecular weight excluding hydrogens is 479 g/mol. The van der Waals surface area contributed by atoms with Gasteiger partial charge in [-0.25, -0.2) is 0 Å². The molecule has 160 valence electrons. The molecule has 2 heterocycles. The number of nitrogens with zero attached hydrogens (tertiary/aromatic N) is 4. The van der Waals surface area contributed by atoms with Gasteiger partial charge in [-0.1, -0.05) is 24.3 Å². The van der Waals surface area contributed by atoms with Gasteiger partial charge in [-0.3, -0.25) is 14.6 Å². The van der Waals surface area contributed by atoms with Crippen molar-refractivity contribution in [1.29, 1.82) is 0 Å². The lowest BCUT2D eigenvalue weighted by Gasteiger charge is -2.30. The molecule has 3 rings (SSSR count). The van der Waals surface area contributed by atoms with E-state index >= 15 is 0 Å². The number of aliphatic hydroxyl groups excluding tert-OH is 1. The van der Waals surface area contributed by atoms with E-state index in [-0.39, 0.29) is 24.0 Å². The number of aliphatic hydroxyl groups is 1. The van der Waals surface area contributed by atoms with Crippen molar-refractivity contribution < 1.29 is 5.11 Å². The van der Waals surface area contributed by atoms with Crippen molar-refractivity contribution in [3.8, 4) is 0 Å². The number of nitrogens with one attached hydrogen (secondary N) is 2. The van der Waals surface area contributed by atoms with Crippen molar-refractivity contribution >= 4 is 29.9 Å². The Bertz CT molecular complexity index is 737. The van der Waals surface area contributed by atoms with Crippen LogP contribution >= 0.6 is 24.0 Å². The summed E-state index contributed by atoms with van der Waals surface area (Å²) in [6.45, 7) is 7.46. The maximum absolute atomic E-state index is 10.4. The Morgan fingerprint density at radius 3 is 2.83 bits per heavy atom. The number of rotatable bonds is 9. The summed E-state index contributed by atoms with van der Waals surface area (Å²) in [6.07, 6.45) is 5.30. The fourth-order valence-electron chi connectivity index (χ4n) is 3.48. The fourth-order valence-corrected chi connectivity index (χ4v) is 3.48. The molecule has 1 aromatic carbocycles. The van der Waals surface area contributed by atoms with Gasteiger partial charge in [0, 0.05) is 51.7 Å². The van der Waals surface area contributed by atoms with Gasteiger partial charge in [-0.2, -0.15) is 5.10 Å². The molecule has 0 aliphatic carbocycles. The Kier molecular flexibility index (Phi) is 10.4. The van der Waals surface area contributed by atoms with Crippen LogP contribution in [0.3, 0.4) is 0 Å². The van der Waals surface area contributed by atoms with Crippen LogP contribution in [0, 0.1) is 0 Å². The number of hydrogen-bond acceptors (Lipinski definition) is 4. The highest BCUT2D eigenvalue weighted by Crippen LogP contribution is 2.18. The first-order valence-corrected chi connectivity index (χ1v) is 10.2. The fraction of sp³-hybridized carbons (Fsp3) is 0.524. The third-order valence-corrected chi connectivity index (χ3v) is 4.90. The summed E-state index contributed by atoms with van der Waals surface area (Å²) in [7, 11) is 0. The zero-order chi connectivity index (χ0) is 19.6. The van der Waals surface area contributed by atoms with Crippen LogP contribution in [0.15, 0.2) is 47.7 Å². The second-order valence-electron chi connectivity index (χ2n) is 7.18. The minimum atomic E-state index is -0.468. The molecule has 1 unspecified atom stereocenters. The molecule has 7 nitrogen and oxygen atoms in total. The third kappa shape index (κ3) is 7.94. The zero-order valence-corrected chi connectivity index (χ0v) is 19.5. The van der Waals surface area contributed by atoms with E-state index < -0.39 is 6.10 Å². The van der Waals surface area contributed by atoms with E-state index in [1.54, 1.807) is 6.20 Å². The van der Waals surface area contributed by atoms with Crippen LogP contribution in [0.1, 0.15) is 24.5 Å². The van der Waals surface area contributed by atoms with Crippen LogP contribution in [-0.4, -0.2) is 64.6 Å². The highest BCUT2D eigenvalue weighted by Gasteiger charge is 2.18. The van der Waals surface area contributed by atoms with Gasteiger partial charge in [-0.05, 0) is 37.0 Å². The Morgan fingerprint density at radius 1 is 1.24 bits per heavy atom. The number of aromatic nitrogens is 2. The van der Waals surface area contributed by atoms with E-state index in [1.807, 2.05) is 23.9 Å². The topological polar surface area (TPSA) is 77.7 Å². The molecule has 0 fully saturated rings. The molecule has 2 aromatic rings. The van der Waals surface area contributed by atoms with E-state index in [9.17, 15) is 5.11 Å². The van der Waals surface area contributed by atoms with Crippen LogP contribution in [0.2, 0.25) is 0 Å². The van der Waals surface area contributed by atoms with E-state index in [0.29, 0.717) is 13.1 Å². The van der Waals surface area contributed by atoms with E-state index in [2.05, 4.69) is 49.9 Å². The average Bonchev–Trinajstić information content (AvgIpc) is 3.23. The molecule has 0 radical (unpaired) electrons. The second kappa shape index (κ2) is 12.8.